The number of amides is 1. The summed E-state index contributed by atoms with van der Waals surface area (Å²) in [6.45, 7) is 1.72. The number of rotatable bonds is 3. The standard InChI is InChI=1S/C16H11Cl2N3O2/c1-9-19-16(23-21-9)11-4-2-3-5-14(11)20-15(22)12-8-10(17)6-7-13(12)18/h2-8H,1H3,(H,20,22). The molecule has 0 spiro atoms. The van der Waals surface area contributed by atoms with Crippen LogP contribution in [0.1, 0.15) is 16.2 Å². The predicted molar refractivity (Wildman–Crippen MR) is 88.9 cm³/mol. The van der Waals surface area contributed by atoms with Crippen LogP contribution in [0, 0.1) is 6.92 Å². The number of carbonyl (C=O) groups excluding carboxylic acids is 1. The molecule has 0 radical (unpaired) electrons. The zero-order valence-corrected chi connectivity index (χ0v) is 13.5. The van der Waals surface area contributed by atoms with Crippen LogP contribution < -0.4 is 5.32 Å². The van der Waals surface area contributed by atoms with Gasteiger partial charge in [0.15, 0.2) is 5.82 Å². The maximum atomic E-state index is 12.5. The molecule has 1 N–H and O–H groups in total. The number of aryl methyl sites for hydroxylation is 1. The van der Waals surface area contributed by atoms with Gasteiger partial charge < -0.3 is 9.84 Å². The molecule has 0 fully saturated rings. The molecule has 0 bridgehead atoms. The number of anilines is 1. The monoisotopic (exact) mass is 347 g/mol. The van der Waals surface area contributed by atoms with Crippen molar-refractivity contribution in [2.45, 2.75) is 6.92 Å². The first-order valence-corrected chi connectivity index (χ1v) is 7.46. The fraction of sp³-hybridized carbons (Fsp3) is 0.0625. The van der Waals surface area contributed by atoms with Gasteiger partial charge >= 0.3 is 0 Å². The SMILES string of the molecule is Cc1noc(-c2ccccc2NC(=O)c2cc(Cl)ccc2Cl)n1. The van der Waals surface area contributed by atoms with Gasteiger partial charge in [-0.1, -0.05) is 40.5 Å². The van der Waals surface area contributed by atoms with Crippen molar-refractivity contribution in [1.82, 2.24) is 10.1 Å². The minimum atomic E-state index is -0.374. The van der Waals surface area contributed by atoms with Crippen LogP contribution in [0.3, 0.4) is 0 Å². The van der Waals surface area contributed by atoms with Crippen LogP contribution >= 0.6 is 23.2 Å². The highest BCUT2D eigenvalue weighted by molar-refractivity contribution is 6.36. The molecule has 0 saturated carbocycles. The Kier molecular flexibility index (Phi) is 4.32. The number of nitrogens with one attached hydrogen (secondary N) is 1. The van der Waals surface area contributed by atoms with Gasteiger partial charge in [-0.3, -0.25) is 4.79 Å². The molecule has 3 rings (SSSR count). The quantitative estimate of drug-likeness (QED) is 0.751. The van der Waals surface area contributed by atoms with Crippen LogP contribution in [-0.4, -0.2) is 16.0 Å². The van der Waals surface area contributed by atoms with Crippen molar-refractivity contribution in [2.24, 2.45) is 0 Å². The summed E-state index contributed by atoms with van der Waals surface area (Å²) in [7, 11) is 0. The maximum absolute atomic E-state index is 12.5. The number of benzene rings is 2. The number of para-hydroxylation sites is 1. The van der Waals surface area contributed by atoms with Crippen molar-refractivity contribution in [2.75, 3.05) is 5.32 Å². The van der Waals surface area contributed by atoms with Crippen molar-refractivity contribution in [1.29, 1.82) is 0 Å². The van der Waals surface area contributed by atoms with E-state index in [1.165, 1.54) is 6.07 Å². The van der Waals surface area contributed by atoms with Crippen LogP contribution in [0.2, 0.25) is 10.0 Å². The predicted octanol–water partition coefficient (Wildman–Crippen LogP) is 4.60. The first kappa shape index (κ1) is 15.5. The second-order valence-electron chi connectivity index (χ2n) is 4.77. The lowest BCUT2D eigenvalue weighted by Gasteiger charge is -2.09. The maximum Gasteiger partial charge on any atom is 0.260 e. The van der Waals surface area contributed by atoms with E-state index in [-0.39, 0.29) is 11.5 Å². The van der Waals surface area contributed by atoms with E-state index in [2.05, 4.69) is 15.5 Å². The molecule has 0 atom stereocenters. The average molecular weight is 348 g/mol. The lowest BCUT2D eigenvalue weighted by molar-refractivity contribution is 0.102. The van der Waals surface area contributed by atoms with Crippen molar-refractivity contribution in [3.63, 3.8) is 0 Å². The Balaban J connectivity index is 1.94. The Labute approximate surface area is 142 Å². The first-order chi connectivity index (χ1) is 11.0. The highest BCUT2D eigenvalue weighted by atomic mass is 35.5. The van der Waals surface area contributed by atoms with Crippen molar-refractivity contribution < 1.29 is 9.32 Å². The molecule has 0 saturated heterocycles. The van der Waals surface area contributed by atoms with Crippen LogP contribution in [0.4, 0.5) is 5.69 Å². The molecule has 1 amide bonds. The summed E-state index contributed by atoms with van der Waals surface area (Å²) in [4.78, 5) is 16.6. The minimum absolute atomic E-state index is 0.288. The van der Waals surface area contributed by atoms with Gasteiger partial charge in [0.2, 0.25) is 0 Å². The summed E-state index contributed by atoms with van der Waals surface area (Å²) < 4.78 is 5.16. The van der Waals surface area contributed by atoms with Crippen molar-refractivity contribution in [3.05, 3.63) is 63.9 Å². The second-order valence-corrected chi connectivity index (χ2v) is 5.61. The number of hydrogen-bond acceptors (Lipinski definition) is 4. The van der Waals surface area contributed by atoms with Crippen molar-refractivity contribution >= 4 is 34.8 Å². The molecular weight excluding hydrogens is 337 g/mol. The molecule has 0 unspecified atom stereocenters. The third-order valence-corrected chi connectivity index (χ3v) is 3.67. The van der Waals surface area contributed by atoms with Gasteiger partial charge in [-0.15, -0.1) is 0 Å². The highest BCUT2D eigenvalue weighted by Crippen LogP contribution is 2.28. The average Bonchev–Trinajstić information content (AvgIpc) is 2.96. The zero-order valence-electron chi connectivity index (χ0n) is 12.0. The molecule has 116 valence electrons. The van der Waals surface area contributed by atoms with E-state index in [4.69, 9.17) is 27.7 Å². The molecule has 5 nitrogen and oxygen atoms in total. The van der Waals surface area contributed by atoms with Crippen LogP contribution in [0.5, 0.6) is 0 Å². The minimum Gasteiger partial charge on any atom is -0.334 e. The van der Waals surface area contributed by atoms with Crippen LogP contribution in [0.25, 0.3) is 11.5 Å². The highest BCUT2D eigenvalue weighted by Gasteiger charge is 2.16. The largest absolute Gasteiger partial charge is 0.334 e. The molecule has 3 aromatic rings. The fourth-order valence-electron chi connectivity index (χ4n) is 2.05. The third kappa shape index (κ3) is 3.36. The number of aromatic nitrogens is 2. The Morgan fingerprint density at radius 1 is 1.17 bits per heavy atom. The van der Waals surface area contributed by atoms with E-state index in [1.807, 2.05) is 6.07 Å². The third-order valence-electron chi connectivity index (χ3n) is 3.11. The van der Waals surface area contributed by atoms with Crippen molar-refractivity contribution in [3.8, 4) is 11.5 Å². The number of hydrogen-bond donors (Lipinski definition) is 1. The van der Waals surface area contributed by atoms with E-state index in [1.54, 1.807) is 37.3 Å². The first-order valence-electron chi connectivity index (χ1n) is 6.70. The summed E-state index contributed by atoms with van der Waals surface area (Å²) in [5.74, 6) is 0.468. The molecule has 2 aromatic carbocycles. The summed E-state index contributed by atoms with van der Waals surface area (Å²) in [5.41, 5.74) is 1.45. The second kappa shape index (κ2) is 6.40. The van der Waals surface area contributed by atoms with E-state index in [0.717, 1.165) is 0 Å². The molecule has 0 aliphatic carbocycles. The molecule has 1 heterocycles. The Bertz CT molecular complexity index is 877. The van der Waals surface area contributed by atoms with Gasteiger partial charge in [0.05, 0.1) is 21.8 Å². The summed E-state index contributed by atoms with van der Waals surface area (Å²) in [6, 6.07) is 11.8. The summed E-state index contributed by atoms with van der Waals surface area (Å²) >= 11 is 12.0. The molecule has 23 heavy (non-hydrogen) atoms. The van der Waals surface area contributed by atoms with Crippen LogP contribution in [0.15, 0.2) is 47.0 Å². The lowest BCUT2D eigenvalue weighted by Crippen LogP contribution is -2.13. The Morgan fingerprint density at radius 2 is 1.96 bits per heavy atom. The fourth-order valence-corrected chi connectivity index (χ4v) is 2.42. The van der Waals surface area contributed by atoms with E-state index in [9.17, 15) is 4.79 Å². The summed E-state index contributed by atoms with van der Waals surface area (Å²) in [5, 5.41) is 7.30. The van der Waals surface area contributed by atoms with E-state index < -0.39 is 0 Å². The summed E-state index contributed by atoms with van der Waals surface area (Å²) in [6.07, 6.45) is 0. The lowest BCUT2D eigenvalue weighted by atomic mass is 10.1. The van der Waals surface area contributed by atoms with Gasteiger partial charge in [0.25, 0.3) is 11.8 Å². The topological polar surface area (TPSA) is 68.0 Å². The molecule has 1 aromatic heterocycles. The normalized spacial score (nSPS) is 10.6. The number of carbonyl (C=O) groups is 1. The van der Waals surface area contributed by atoms with E-state index >= 15 is 0 Å². The number of halogens is 2. The molecule has 7 heteroatoms. The van der Waals surface area contributed by atoms with Gasteiger partial charge in [-0.05, 0) is 37.3 Å². The van der Waals surface area contributed by atoms with Gasteiger partial charge in [-0.2, -0.15) is 4.98 Å². The Morgan fingerprint density at radius 3 is 2.70 bits per heavy atom. The molecular formula is C16H11Cl2N3O2. The van der Waals surface area contributed by atoms with Gasteiger partial charge in [-0.25, -0.2) is 0 Å². The number of nitrogens with zero attached hydrogens (tertiary/aromatic N) is 2. The smallest absolute Gasteiger partial charge is 0.260 e. The van der Waals surface area contributed by atoms with Gasteiger partial charge in [0, 0.05) is 5.02 Å². The van der Waals surface area contributed by atoms with Crippen LogP contribution in [-0.2, 0) is 0 Å². The Hall–Kier alpha value is -2.37. The molecule has 0 aliphatic rings. The zero-order chi connectivity index (χ0) is 16.4. The van der Waals surface area contributed by atoms with Gasteiger partial charge in [0.1, 0.15) is 0 Å². The molecule has 0 aliphatic heterocycles. The van der Waals surface area contributed by atoms with E-state index in [0.29, 0.717) is 33.0 Å².